The number of nitrogens with zero attached hydrogens (tertiary/aromatic N) is 1. The first-order valence-electron chi connectivity index (χ1n) is 8.35. The third-order valence-corrected chi connectivity index (χ3v) is 6.13. The van der Waals surface area contributed by atoms with Crippen molar-refractivity contribution in [3.8, 4) is 5.75 Å². The van der Waals surface area contributed by atoms with Crippen molar-refractivity contribution in [3.63, 3.8) is 0 Å². The van der Waals surface area contributed by atoms with Gasteiger partial charge in [0.1, 0.15) is 10.6 Å². The first-order chi connectivity index (χ1) is 12.9. The Morgan fingerprint density at radius 3 is 2.50 bits per heavy atom. The standard InChI is InChI=1S/C18H21N3O5S.ClH/c1-25-16-7-6-13(20-18(22)14-4-2-3-5-15(14)19)12-17(16)27(23,24)21-8-10-26-11-9-21;/h2-7,12H,8-11,19H2,1H3,(H,20,22);1H. The highest BCUT2D eigenvalue weighted by molar-refractivity contribution is 7.89. The molecule has 1 saturated heterocycles. The molecule has 1 amide bonds. The van der Waals surface area contributed by atoms with Crippen LogP contribution in [-0.2, 0) is 14.8 Å². The second-order valence-electron chi connectivity index (χ2n) is 5.92. The Morgan fingerprint density at radius 2 is 1.86 bits per heavy atom. The summed E-state index contributed by atoms with van der Waals surface area (Å²) in [6, 6.07) is 11.1. The van der Waals surface area contributed by atoms with Gasteiger partial charge in [0.15, 0.2) is 0 Å². The minimum Gasteiger partial charge on any atom is -0.495 e. The number of para-hydroxylation sites is 1. The molecule has 3 rings (SSSR count). The van der Waals surface area contributed by atoms with E-state index in [0.717, 1.165) is 0 Å². The predicted molar refractivity (Wildman–Crippen MR) is 109 cm³/mol. The van der Waals surface area contributed by atoms with E-state index >= 15 is 0 Å². The molecule has 0 bridgehead atoms. The molecule has 2 aromatic carbocycles. The average Bonchev–Trinajstić information content (AvgIpc) is 2.69. The molecule has 0 spiro atoms. The number of nitrogen functional groups attached to an aromatic ring is 1. The number of nitrogens with one attached hydrogen (secondary N) is 1. The summed E-state index contributed by atoms with van der Waals surface area (Å²) in [7, 11) is -2.38. The fourth-order valence-corrected chi connectivity index (χ4v) is 4.37. The Kier molecular flexibility index (Phi) is 7.25. The van der Waals surface area contributed by atoms with Gasteiger partial charge in [0.2, 0.25) is 10.0 Å². The lowest BCUT2D eigenvalue weighted by molar-refractivity contribution is 0.0729. The van der Waals surface area contributed by atoms with Crippen molar-refractivity contribution in [2.45, 2.75) is 4.90 Å². The molecule has 0 aromatic heterocycles. The van der Waals surface area contributed by atoms with Crippen LogP contribution in [0.4, 0.5) is 11.4 Å². The van der Waals surface area contributed by atoms with Crippen LogP contribution in [0.1, 0.15) is 10.4 Å². The van der Waals surface area contributed by atoms with Crippen LogP contribution < -0.4 is 15.8 Å². The first kappa shape index (κ1) is 22.0. The fourth-order valence-electron chi connectivity index (χ4n) is 2.78. The summed E-state index contributed by atoms with van der Waals surface area (Å²) in [6.07, 6.45) is 0. The molecule has 10 heteroatoms. The molecule has 0 radical (unpaired) electrons. The molecule has 1 heterocycles. The second-order valence-corrected chi connectivity index (χ2v) is 7.83. The molecule has 8 nitrogen and oxygen atoms in total. The highest BCUT2D eigenvalue weighted by Gasteiger charge is 2.29. The van der Waals surface area contributed by atoms with Gasteiger partial charge in [-0.05, 0) is 30.3 Å². The maximum absolute atomic E-state index is 13.0. The Morgan fingerprint density at radius 1 is 1.18 bits per heavy atom. The fraction of sp³-hybridized carbons (Fsp3) is 0.278. The summed E-state index contributed by atoms with van der Waals surface area (Å²) >= 11 is 0. The van der Waals surface area contributed by atoms with Gasteiger partial charge >= 0.3 is 0 Å². The van der Waals surface area contributed by atoms with Crippen molar-refractivity contribution in [3.05, 3.63) is 48.0 Å². The van der Waals surface area contributed by atoms with Gasteiger partial charge in [-0.3, -0.25) is 4.79 Å². The van der Waals surface area contributed by atoms with E-state index in [9.17, 15) is 13.2 Å². The SMILES string of the molecule is COc1ccc(NC(=O)c2ccccc2N)cc1S(=O)(=O)N1CCOCC1.Cl. The van der Waals surface area contributed by atoms with Gasteiger partial charge in [0, 0.05) is 24.5 Å². The third kappa shape index (κ3) is 4.56. The second kappa shape index (κ2) is 9.24. The zero-order valence-corrected chi connectivity index (χ0v) is 16.9. The highest BCUT2D eigenvalue weighted by Crippen LogP contribution is 2.30. The van der Waals surface area contributed by atoms with E-state index in [1.807, 2.05) is 0 Å². The number of hydrogen-bond donors (Lipinski definition) is 2. The van der Waals surface area contributed by atoms with E-state index in [-0.39, 0.29) is 36.1 Å². The molecule has 0 aliphatic carbocycles. The van der Waals surface area contributed by atoms with E-state index in [2.05, 4.69) is 5.32 Å². The normalized spacial score (nSPS) is 14.8. The lowest BCUT2D eigenvalue weighted by Crippen LogP contribution is -2.40. The van der Waals surface area contributed by atoms with E-state index in [0.29, 0.717) is 30.2 Å². The summed E-state index contributed by atoms with van der Waals surface area (Å²) in [4.78, 5) is 12.4. The van der Waals surface area contributed by atoms with Crippen LogP contribution in [0.5, 0.6) is 5.75 Å². The number of halogens is 1. The largest absolute Gasteiger partial charge is 0.495 e. The average molecular weight is 428 g/mol. The zero-order chi connectivity index (χ0) is 19.4. The number of nitrogens with two attached hydrogens (primary N) is 1. The molecule has 0 unspecified atom stereocenters. The number of carbonyl (C=O) groups excluding carboxylic acids is 1. The van der Waals surface area contributed by atoms with Crippen LogP contribution >= 0.6 is 12.4 Å². The van der Waals surface area contributed by atoms with Crippen LogP contribution in [0, 0.1) is 0 Å². The van der Waals surface area contributed by atoms with Gasteiger partial charge in [0.05, 0.1) is 25.9 Å². The van der Waals surface area contributed by atoms with Crippen molar-refractivity contribution >= 4 is 39.7 Å². The molecule has 28 heavy (non-hydrogen) atoms. The smallest absolute Gasteiger partial charge is 0.257 e. The number of hydrogen-bond acceptors (Lipinski definition) is 6. The van der Waals surface area contributed by atoms with E-state index in [1.165, 1.54) is 23.5 Å². The number of carbonyl (C=O) groups is 1. The van der Waals surface area contributed by atoms with Gasteiger partial charge in [-0.15, -0.1) is 12.4 Å². The molecule has 0 saturated carbocycles. The number of amides is 1. The highest BCUT2D eigenvalue weighted by atomic mass is 35.5. The number of rotatable bonds is 5. The predicted octanol–water partition coefficient (Wildman–Crippen LogP) is 1.97. The van der Waals surface area contributed by atoms with Crippen LogP contribution in [0.2, 0.25) is 0 Å². The van der Waals surface area contributed by atoms with Crippen molar-refractivity contribution in [1.29, 1.82) is 0 Å². The third-order valence-electron chi connectivity index (χ3n) is 4.21. The quantitative estimate of drug-likeness (QED) is 0.706. The van der Waals surface area contributed by atoms with E-state index in [1.54, 1.807) is 30.3 Å². The Bertz CT molecular complexity index is 946. The minimum absolute atomic E-state index is 0. The molecular weight excluding hydrogens is 406 g/mol. The van der Waals surface area contributed by atoms with E-state index < -0.39 is 15.9 Å². The summed E-state index contributed by atoms with van der Waals surface area (Å²) in [5.41, 5.74) is 6.80. The van der Waals surface area contributed by atoms with Gasteiger partial charge in [-0.2, -0.15) is 4.31 Å². The number of anilines is 2. The number of methoxy groups -OCH3 is 1. The summed E-state index contributed by atoms with van der Waals surface area (Å²) in [5.74, 6) is -0.216. The lowest BCUT2D eigenvalue weighted by Gasteiger charge is -2.26. The van der Waals surface area contributed by atoms with Gasteiger partial charge in [-0.25, -0.2) is 8.42 Å². The molecule has 2 aromatic rings. The molecule has 1 aliphatic heterocycles. The Hall–Kier alpha value is -2.33. The Labute approximate surface area is 170 Å². The first-order valence-corrected chi connectivity index (χ1v) is 9.79. The monoisotopic (exact) mass is 427 g/mol. The maximum atomic E-state index is 13.0. The van der Waals surface area contributed by atoms with Crippen molar-refractivity contribution in [1.82, 2.24) is 4.31 Å². The summed E-state index contributed by atoms with van der Waals surface area (Å²) in [6.45, 7) is 1.21. The molecule has 1 fully saturated rings. The lowest BCUT2D eigenvalue weighted by atomic mass is 10.1. The van der Waals surface area contributed by atoms with Crippen molar-refractivity contribution in [2.75, 3.05) is 44.5 Å². The van der Waals surface area contributed by atoms with Gasteiger partial charge < -0.3 is 20.5 Å². The molecule has 3 N–H and O–H groups in total. The molecule has 152 valence electrons. The van der Waals surface area contributed by atoms with Crippen molar-refractivity contribution < 1.29 is 22.7 Å². The number of ether oxygens (including phenoxy) is 2. The van der Waals surface area contributed by atoms with Gasteiger partial charge in [-0.1, -0.05) is 12.1 Å². The Balaban J connectivity index is 0.00000280. The van der Waals surface area contributed by atoms with Crippen LogP contribution in [0.3, 0.4) is 0 Å². The topological polar surface area (TPSA) is 111 Å². The molecular formula is C18H22ClN3O5S. The molecule has 0 atom stereocenters. The number of benzene rings is 2. The zero-order valence-electron chi connectivity index (χ0n) is 15.3. The number of sulfonamides is 1. The van der Waals surface area contributed by atoms with Crippen molar-refractivity contribution in [2.24, 2.45) is 0 Å². The summed E-state index contributed by atoms with van der Waals surface area (Å²) < 4.78 is 37.7. The van der Waals surface area contributed by atoms with Crippen LogP contribution in [0.25, 0.3) is 0 Å². The van der Waals surface area contributed by atoms with Crippen LogP contribution in [0.15, 0.2) is 47.4 Å². The minimum atomic E-state index is -3.78. The maximum Gasteiger partial charge on any atom is 0.257 e. The molecule has 1 aliphatic rings. The van der Waals surface area contributed by atoms with E-state index in [4.69, 9.17) is 15.2 Å². The van der Waals surface area contributed by atoms with Crippen LogP contribution in [-0.4, -0.2) is 52.0 Å². The van der Waals surface area contributed by atoms with Gasteiger partial charge in [0.25, 0.3) is 5.91 Å². The summed E-state index contributed by atoms with van der Waals surface area (Å²) in [5, 5.41) is 2.68. The number of morpholine rings is 1.